The number of halogens is 1. The van der Waals surface area contributed by atoms with E-state index in [0.29, 0.717) is 36.1 Å². The van der Waals surface area contributed by atoms with Crippen molar-refractivity contribution in [3.05, 3.63) is 80.9 Å². The summed E-state index contributed by atoms with van der Waals surface area (Å²) in [6.45, 7) is 2.91. The summed E-state index contributed by atoms with van der Waals surface area (Å²) in [6, 6.07) is 10.7. The molecule has 2 aromatic heterocycles. The van der Waals surface area contributed by atoms with Crippen LogP contribution in [0.3, 0.4) is 0 Å². The van der Waals surface area contributed by atoms with Crippen LogP contribution in [0.1, 0.15) is 41.7 Å². The number of amides is 1. The number of carbonyl (C=O) groups excluding carboxylic acids is 1. The molecule has 1 aromatic carbocycles. The number of aryl methyl sites for hydroxylation is 1. The number of aromatic nitrogens is 3. The van der Waals surface area contributed by atoms with Crippen LogP contribution < -0.4 is 5.56 Å². The van der Waals surface area contributed by atoms with E-state index in [4.69, 9.17) is 16.0 Å². The van der Waals surface area contributed by atoms with Gasteiger partial charge in [-0.05, 0) is 37.5 Å². The number of carbonyl (C=O) groups is 1. The van der Waals surface area contributed by atoms with Crippen molar-refractivity contribution in [3.8, 4) is 0 Å². The van der Waals surface area contributed by atoms with Crippen molar-refractivity contribution in [2.45, 2.75) is 38.6 Å². The van der Waals surface area contributed by atoms with Crippen LogP contribution in [0.25, 0.3) is 0 Å². The Hall–Kier alpha value is -2.93. The molecular formula is C22H23ClN4O3. The summed E-state index contributed by atoms with van der Waals surface area (Å²) in [7, 11) is 0. The molecule has 8 heteroatoms. The zero-order chi connectivity index (χ0) is 21.1. The van der Waals surface area contributed by atoms with Crippen LogP contribution >= 0.6 is 11.6 Å². The summed E-state index contributed by atoms with van der Waals surface area (Å²) >= 11 is 6.24. The summed E-state index contributed by atoms with van der Waals surface area (Å²) in [5.41, 5.74) is 1.41. The van der Waals surface area contributed by atoms with Gasteiger partial charge in [-0.15, -0.1) is 0 Å². The first-order valence-corrected chi connectivity index (χ1v) is 10.4. The Morgan fingerprint density at radius 1 is 1.27 bits per heavy atom. The second-order valence-electron chi connectivity index (χ2n) is 7.58. The number of hydrogen-bond donors (Lipinski definition) is 0. The number of hydrogen-bond acceptors (Lipinski definition) is 5. The van der Waals surface area contributed by atoms with Gasteiger partial charge in [0.15, 0.2) is 5.89 Å². The zero-order valence-corrected chi connectivity index (χ0v) is 17.5. The zero-order valence-electron chi connectivity index (χ0n) is 16.8. The lowest BCUT2D eigenvalue weighted by molar-refractivity contribution is -0.133. The number of rotatable bonds is 5. The molecule has 0 N–H and O–H groups in total. The maximum absolute atomic E-state index is 12.8. The topological polar surface area (TPSA) is 81.2 Å². The van der Waals surface area contributed by atoms with Crippen molar-refractivity contribution in [2.75, 3.05) is 13.1 Å². The maximum atomic E-state index is 12.8. The van der Waals surface area contributed by atoms with Gasteiger partial charge in [0.2, 0.25) is 5.91 Å². The molecule has 7 nitrogen and oxygen atoms in total. The molecule has 1 aliphatic rings. The minimum atomic E-state index is -0.278. The molecule has 1 amide bonds. The van der Waals surface area contributed by atoms with Crippen molar-refractivity contribution in [1.29, 1.82) is 0 Å². The van der Waals surface area contributed by atoms with Gasteiger partial charge in [-0.1, -0.05) is 29.8 Å². The highest BCUT2D eigenvalue weighted by atomic mass is 35.5. The number of likely N-dealkylation sites (tertiary alicyclic amines) is 1. The summed E-state index contributed by atoms with van der Waals surface area (Å²) in [4.78, 5) is 30.9. The first-order chi connectivity index (χ1) is 14.5. The number of nitrogens with zero attached hydrogens (tertiary/aromatic N) is 4. The van der Waals surface area contributed by atoms with E-state index >= 15 is 0 Å². The van der Waals surface area contributed by atoms with Crippen LogP contribution in [0.15, 0.2) is 51.8 Å². The predicted molar refractivity (Wildman–Crippen MR) is 113 cm³/mol. The van der Waals surface area contributed by atoms with Crippen LogP contribution in [-0.4, -0.2) is 38.7 Å². The van der Waals surface area contributed by atoms with Gasteiger partial charge >= 0.3 is 0 Å². The Morgan fingerprint density at radius 3 is 2.93 bits per heavy atom. The molecule has 1 aliphatic heterocycles. The van der Waals surface area contributed by atoms with Gasteiger partial charge in [-0.25, -0.2) is 9.67 Å². The van der Waals surface area contributed by atoms with Crippen LogP contribution in [0.5, 0.6) is 0 Å². The molecule has 0 unspecified atom stereocenters. The summed E-state index contributed by atoms with van der Waals surface area (Å²) < 4.78 is 7.20. The normalized spacial score (nSPS) is 16.6. The average molecular weight is 427 g/mol. The second kappa shape index (κ2) is 8.83. The standard InChI is InChI=1S/C22H23ClN4O3/c1-15-8-9-20(28)27(25-15)14-21(29)26-10-4-6-17(13-26)22-24-12-18(30-22)11-16-5-2-3-7-19(16)23/h2-3,5,7-9,12,17H,4,6,10-11,13-14H2,1H3/t17-/m1/s1. The quantitative estimate of drug-likeness (QED) is 0.625. The van der Waals surface area contributed by atoms with Crippen LogP contribution in [0.4, 0.5) is 0 Å². The molecule has 1 saturated heterocycles. The first-order valence-electron chi connectivity index (χ1n) is 10.00. The number of piperidine rings is 1. The van der Waals surface area contributed by atoms with Crippen molar-refractivity contribution < 1.29 is 9.21 Å². The lowest BCUT2D eigenvalue weighted by atomic mass is 9.98. The molecule has 156 valence electrons. The minimum absolute atomic E-state index is 0.0323. The van der Waals surface area contributed by atoms with E-state index < -0.39 is 0 Å². The Kier molecular flexibility index (Phi) is 5.99. The van der Waals surface area contributed by atoms with E-state index in [1.165, 1.54) is 10.7 Å². The predicted octanol–water partition coefficient (Wildman–Crippen LogP) is 3.19. The molecule has 30 heavy (non-hydrogen) atoms. The SMILES string of the molecule is Cc1ccc(=O)n(CC(=O)N2CCC[C@@H](c3ncc(Cc4ccccc4Cl)o3)C2)n1. The van der Waals surface area contributed by atoms with Gasteiger partial charge in [-0.2, -0.15) is 5.10 Å². The van der Waals surface area contributed by atoms with Gasteiger partial charge in [0.05, 0.1) is 17.8 Å². The smallest absolute Gasteiger partial charge is 0.267 e. The van der Waals surface area contributed by atoms with Crippen molar-refractivity contribution >= 4 is 17.5 Å². The molecule has 1 fully saturated rings. The molecule has 3 heterocycles. The van der Waals surface area contributed by atoms with Crippen molar-refractivity contribution in [1.82, 2.24) is 19.7 Å². The summed E-state index contributed by atoms with van der Waals surface area (Å²) in [5.74, 6) is 1.30. The Labute approximate surface area is 179 Å². The minimum Gasteiger partial charge on any atom is -0.445 e. The van der Waals surface area contributed by atoms with Crippen LogP contribution in [0.2, 0.25) is 5.02 Å². The molecule has 0 spiro atoms. The van der Waals surface area contributed by atoms with Gasteiger partial charge in [0.1, 0.15) is 12.3 Å². The Bertz CT molecular complexity index is 1110. The van der Waals surface area contributed by atoms with E-state index in [9.17, 15) is 9.59 Å². The number of oxazole rings is 1. The van der Waals surface area contributed by atoms with Gasteiger partial charge in [-0.3, -0.25) is 9.59 Å². The molecule has 0 bridgehead atoms. The first kappa shape index (κ1) is 20.3. The molecular weight excluding hydrogens is 404 g/mol. The van der Waals surface area contributed by atoms with Gasteiger partial charge < -0.3 is 9.32 Å². The van der Waals surface area contributed by atoms with Gasteiger partial charge in [0, 0.05) is 30.6 Å². The molecule has 4 rings (SSSR count). The average Bonchev–Trinajstić information content (AvgIpc) is 3.21. The Morgan fingerprint density at radius 2 is 2.10 bits per heavy atom. The van der Waals surface area contributed by atoms with Crippen molar-refractivity contribution in [2.24, 2.45) is 0 Å². The lowest BCUT2D eigenvalue weighted by Crippen LogP contribution is -2.42. The highest BCUT2D eigenvalue weighted by Crippen LogP contribution is 2.28. The largest absolute Gasteiger partial charge is 0.445 e. The number of benzene rings is 1. The van der Waals surface area contributed by atoms with E-state index in [1.807, 2.05) is 24.3 Å². The summed E-state index contributed by atoms with van der Waals surface area (Å²) in [6.07, 6.45) is 4.06. The molecule has 0 radical (unpaired) electrons. The van der Waals surface area contributed by atoms with E-state index in [2.05, 4.69) is 10.1 Å². The highest BCUT2D eigenvalue weighted by Gasteiger charge is 2.28. The second-order valence-corrected chi connectivity index (χ2v) is 7.99. The van der Waals surface area contributed by atoms with Crippen LogP contribution in [0, 0.1) is 6.92 Å². The van der Waals surface area contributed by atoms with Gasteiger partial charge in [0.25, 0.3) is 5.56 Å². The fourth-order valence-electron chi connectivity index (χ4n) is 3.72. The van der Waals surface area contributed by atoms with E-state index in [0.717, 1.165) is 24.2 Å². The van der Waals surface area contributed by atoms with Crippen molar-refractivity contribution in [3.63, 3.8) is 0 Å². The fourth-order valence-corrected chi connectivity index (χ4v) is 3.92. The third kappa shape index (κ3) is 4.62. The fraction of sp³-hybridized carbons (Fsp3) is 0.364. The molecule has 0 saturated carbocycles. The maximum Gasteiger partial charge on any atom is 0.267 e. The third-order valence-electron chi connectivity index (χ3n) is 5.30. The Balaban J connectivity index is 1.42. The lowest BCUT2D eigenvalue weighted by Gasteiger charge is -2.31. The molecule has 1 atom stereocenters. The van der Waals surface area contributed by atoms with E-state index in [1.54, 1.807) is 24.1 Å². The van der Waals surface area contributed by atoms with E-state index in [-0.39, 0.29) is 23.9 Å². The molecule has 3 aromatic rings. The van der Waals surface area contributed by atoms with Crippen LogP contribution in [-0.2, 0) is 17.8 Å². The summed E-state index contributed by atoms with van der Waals surface area (Å²) in [5, 5.41) is 4.85. The monoisotopic (exact) mass is 426 g/mol. The highest BCUT2D eigenvalue weighted by molar-refractivity contribution is 6.31. The third-order valence-corrected chi connectivity index (χ3v) is 5.67. The molecule has 0 aliphatic carbocycles.